The van der Waals surface area contributed by atoms with Crippen LogP contribution in [-0.2, 0) is 44.6 Å². The fourth-order valence-corrected chi connectivity index (χ4v) is 6.10. The normalized spacial score (nSPS) is 21.1. The van der Waals surface area contributed by atoms with Crippen LogP contribution in [0, 0.1) is 11.5 Å². The van der Waals surface area contributed by atoms with Gasteiger partial charge in [-0.15, -0.1) is 5.54 Å². The first-order chi connectivity index (χ1) is 22.7. The lowest BCUT2D eigenvalue weighted by molar-refractivity contribution is -0.256. The molecule has 2 aromatic heterocycles. The van der Waals surface area contributed by atoms with Gasteiger partial charge in [-0.25, -0.2) is 9.50 Å². The Hall–Kier alpha value is -4.34. The Morgan fingerprint density at radius 1 is 0.872 bits per heavy atom. The van der Waals surface area contributed by atoms with Gasteiger partial charge in [-0.05, 0) is 22.8 Å². The second-order valence-electron chi connectivity index (χ2n) is 12.7. The number of fused-ring (bicyclic) bond motifs is 1. The molecule has 5 aromatic rings. The minimum atomic E-state index is -2.01. The third kappa shape index (κ3) is 7.63. The van der Waals surface area contributed by atoms with E-state index in [1.54, 1.807) is 10.6 Å². The van der Waals surface area contributed by atoms with E-state index in [9.17, 15) is 5.11 Å². The number of nitrogens with two attached hydrogens (primary N) is 1. The van der Waals surface area contributed by atoms with E-state index in [1.165, 1.54) is 6.33 Å². The monoisotopic (exact) mass is 648 g/mol. The molecule has 4 unspecified atom stereocenters. The van der Waals surface area contributed by atoms with Crippen LogP contribution in [0.2, 0.25) is 19.6 Å². The van der Waals surface area contributed by atoms with Crippen LogP contribution >= 0.6 is 0 Å². The van der Waals surface area contributed by atoms with Crippen molar-refractivity contribution >= 4 is 19.4 Å². The van der Waals surface area contributed by atoms with Gasteiger partial charge in [0.05, 0.1) is 32.0 Å². The molecule has 1 fully saturated rings. The predicted molar refractivity (Wildman–Crippen MR) is 183 cm³/mol. The highest BCUT2D eigenvalue weighted by Crippen LogP contribution is 2.43. The first-order valence-corrected chi connectivity index (χ1v) is 19.2. The van der Waals surface area contributed by atoms with Crippen LogP contribution in [0.25, 0.3) is 5.52 Å². The van der Waals surface area contributed by atoms with E-state index >= 15 is 0 Å². The van der Waals surface area contributed by atoms with E-state index in [1.807, 2.05) is 91.0 Å². The van der Waals surface area contributed by atoms with Crippen LogP contribution < -0.4 is 5.73 Å². The maximum Gasteiger partial charge on any atom is 0.240 e. The molecule has 0 aliphatic carbocycles. The topological polar surface area (TPSA) is 113 Å². The van der Waals surface area contributed by atoms with Crippen LogP contribution in [0.4, 0.5) is 5.82 Å². The van der Waals surface area contributed by atoms with Crippen LogP contribution in [-0.4, -0.2) is 52.7 Å². The van der Waals surface area contributed by atoms with Gasteiger partial charge in [-0.3, -0.25) is 0 Å². The summed E-state index contributed by atoms with van der Waals surface area (Å²) in [6.45, 7) is 7.49. The van der Waals surface area contributed by atoms with Gasteiger partial charge in [0.2, 0.25) is 5.79 Å². The molecule has 9 nitrogen and oxygen atoms in total. The average Bonchev–Trinajstić information content (AvgIpc) is 3.59. The molecule has 1 saturated heterocycles. The van der Waals surface area contributed by atoms with E-state index in [2.05, 4.69) is 41.2 Å². The lowest BCUT2D eigenvalue weighted by Crippen LogP contribution is -2.45. The number of rotatable bonds is 11. The molecular formula is C37H40N4O5Si. The minimum Gasteiger partial charge on any atom is -0.382 e. The number of hydrogen-bond donors (Lipinski definition) is 2. The van der Waals surface area contributed by atoms with Crippen molar-refractivity contribution in [1.82, 2.24) is 14.6 Å². The number of anilines is 1. The molecule has 10 heteroatoms. The highest BCUT2D eigenvalue weighted by molar-refractivity contribution is 6.83. The lowest BCUT2D eigenvalue weighted by atomic mass is 10.0. The molecule has 0 saturated carbocycles. The molecule has 0 spiro atoms. The van der Waals surface area contributed by atoms with Gasteiger partial charge in [-0.2, -0.15) is 5.10 Å². The maximum absolute atomic E-state index is 12.7. The quantitative estimate of drug-likeness (QED) is 0.143. The zero-order valence-corrected chi connectivity index (χ0v) is 27.9. The van der Waals surface area contributed by atoms with Gasteiger partial charge in [0.25, 0.3) is 0 Å². The summed E-state index contributed by atoms with van der Waals surface area (Å²) in [5, 5.41) is 17.2. The number of hydrogen-bond acceptors (Lipinski definition) is 8. The zero-order valence-electron chi connectivity index (χ0n) is 26.9. The van der Waals surface area contributed by atoms with Crippen molar-refractivity contribution in [3.63, 3.8) is 0 Å². The largest absolute Gasteiger partial charge is 0.382 e. The second-order valence-corrected chi connectivity index (χ2v) is 17.4. The lowest BCUT2D eigenvalue weighted by Gasteiger charge is -2.30. The Morgan fingerprint density at radius 2 is 1.45 bits per heavy atom. The van der Waals surface area contributed by atoms with Gasteiger partial charge in [0.1, 0.15) is 43.9 Å². The number of nitrogens with zero attached hydrogens (tertiary/aromatic N) is 3. The Morgan fingerprint density at radius 3 is 2.04 bits per heavy atom. The van der Waals surface area contributed by atoms with E-state index in [0.717, 1.165) is 16.7 Å². The molecule has 3 aromatic carbocycles. The first kappa shape index (κ1) is 32.6. The Kier molecular flexibility index (Phi) is 9.84. The van der Waals surface area contributed by atoms with Gasteiger partial charge in [0, 0.05) is 0 Å². The summed E-state index contributed by atoms with van der Waals surface area (Å²) in [6.07, 6.45) is -1.05. The zero-order chi connectivity index (χ0) is 32.9. The molecule has 1 aliphatic heterocycles. The molecule has 0 bridgehead atoms. The minimum absolute atomic E-state index is 0.143. The molecule has 1 aliphatic rings. The number of aromatic nitrogens is 3. The number of benzene rings is 3. The molecular weight excluding hydrogens is 609 g/mol. The van der Waals surface area contributed by atoms with Crippen molar-refractivity contribution in [1.29, 1.82) is 0 Å². The molecule has 6 rings (SSSR count). The van der Waals surface area contributed by atoms with Gasteiger partial charge in [-0.1, -0.05) is 117 Å². The van der Waals surface area contributed by atoms with Crippen molar-refractivity contribution in [3.8, 4) is 11.5 Å². The van der Waals surface area contributed by atoms with E-state index < -0.39 is 32.2 Å². The summed E-state index contributed by atoms with van der Waals surface area (Å²) in [4.78, 5) is 4.22. The molecule has 47 heavy (non-hydrogen) atoms. The van der Waals surface area contributed by atoms with E-state index in [0.29, 0.717) is 23.4 Å². The smallest absolute Gasteiger partial charge is 0.240 e. The fraction of sp³-hybridized carbons (Fsp3) is 0.297. The third-order valence-electron chi connectivity index (χ3n) is 7.85. The molecule has 242 valence electrons. The molecule has 0 radical (unpaired) electrons. The summed E-state index contributed by atoms with van der Waals surface area (Å²) < 4.78 is 27.5. The standard InChI is InChI=1S/C37H40N4O5Si/c1-47(2,3)20-19-30-21-32(41-33(30)36(38)39-26-40-41)37(42)35(45-24-29-17-11-6-12-18-29)34(44-23-28-15-9-5-10-16-28)31(46-37)25-43-22-27-13-7-4-8-14-27/h4-18,21,26,31,34-35,42H,22-25H2,1-3H3,(H2,38,39,40). The summed E-state index contributed by atoms with van der Waals surface area (Å²) in [6, 6.07) is 31.3. The van der Waals surface area contributed by atoms with Crippen LogP contribution in [0.5, 0.6) is 0 Å². The van der Waals surface area contributed by atoms with Gasteiger partial charge < -0.3 is 29.8 Å². The number of ether oxygens (including phenoxy) is 4. The summed E-state index contributed by atoms with van der Waals surface area (Å²) in [5.74, 6) is 1.52. The summed E-state index contributed by atoms with van der Waals surface area (Å²) in [5.41, 5.74) is 14.1. The van der Waals surface area contributed by atoms with Crippen LogP contribution in [0.15, 0.2) is 103 Å². The Bertz CT molecular complexity index is 1840. The van der Waals surface area contributed by atoms with E-state index in [4.69, 9.17) is 24.7 Å². The van der Waals surface area contributed by atoms with Crippen molar-refractivity contribution in [2.45, 2.75) is 63.6 Å². The van der Waals surface area contributed by atoms with Crippen molar-refractivity contribution in [3.05, 3.63) is 131 Å². The Balaban J connectivity index is 1.41. The van der Waals surface area contributed by atoms with Crippen molar-refractivity contribution < 1.29 is 24.1 Å². The second kappa shape index (κ2) is 14.2. The molecule has 4 atom stereocenters. The third-order valence-corrected chi connectivity index (χ3v) is 8.73. The van der Waals surface area contributed by atoms with Gasteiger partial charge in [0.15, 0.2) is 5.82 Å². The summed E-state index contributed by atoms with van der Waals surface area (Å²) in [7, 11) is -1.76. The SMILES string of the molecule is C[Si](C)(C)C#Cc1cc(C2(O)OC(COCc3ccccc3)C(OCc3ccccc3)C2OCc2ccccc2)n2ncnc(N)c12. The summed E-state index contributed by atoms with van der Waals surface area (Å²) >= 11 is 0. The van der Waals surface area contributed by atoms with Crippen molar-refractivity contribution in [2.24, 2.45) is 0 Å². The predicted octanol–water partition coefficient (Wildman–Crippen LogP) is 5.47. The number of aliphatic hydroxyl groups is 1. The van der Waals surface area contributed by atoms with Crippen LogP contribution in [0.1, 0.15) is 27.9 Å². The fourth-order valence-electron chi connectivity index (χ4n) is 5.59. The first-order valence-electron chi connectivity index (χ1n) is 15.7. The number of nitrogen functional groups attached to an aromatic ring is 1. The maximum atomic E-state index is 12.7. The van der Waals surface area contributed by atoms with Crippen LogP contribution in [0.3, 0.4) is 0 Å². The molecule has 3 N–H and O–H groups in total. The van der Waals surface area contributed by atoms with Crippen molar-refractivity contribution in [2.75, 3.05) is 12.3 Å². The highest BCUT2D eigenvalue weighted by atomic mass is 28.3. The van der Waals surface area contributed by atoms with E-state index in [-0.39, 0.29) is 25.6 Å². The molecule has 3 heterocycles. The Labute approximate surface area is 276 Å². The molecule has 0 amide bonds. The average molecular weight is 649 g/mol. The van der Waals surface area contributed by atoms with Gasteiger partial charge >= 0.3 is 0 Å². The highest BCUT2D eigenvalue weighted by Gasteiger charge is 2.59.